The van der Waals surface area contributed by atoms with Gasteiger partial charge in [0.25, 0.3) is 0 Å². The molecular formula is C19H25N3O5. The molecule has 0 bridgehead atoms. The third-order valence-electron chi connectivity index (χ3n) is 5.30. The molecule has 1 aliphatic carbocycles. The maximum Gasteiger partial charge on any atom is 0.409 e. The number of hydrogen-bond donors (Lipinski definition) is 0. The van der Waals surface area contributed by atoms with E-state index in [4.69, 9.17) is 14.2 Å². The molecule has 0 unspecified atom stereocenters. The summed E-state index contributed by atoms with van der Waals surface area (Å²) < 4.78 is 16.9. The van der Waals surface area contributed by atoms with Crippen molar-refractivity contribution in [1.82, 2.24) is 14.7 Å². The number of esters is 1. The Morgan fingerprint density at radius 1 is 1.11 bits per heavy atom. The van der Waals surface area contributed by atoms with Crippen molar-refractivity contribution < 1.29 is 23.8 Å². The molecule has 2 aromatic rings. The zero-order valence-electron chi connectivity index (χ0n) is 16.1. The van der Waals surface area contributed by atoms with E-state index in [0.717, 1.165) is 36.6 Å². The zero-order valence-corrected chi connectivity index (χ0v) is 16.1. The number of methoxy groups -OCH3 is 3. The number of aromatic nitrogens is 2. The van der Waals surface area contributed by atoms with Crippen molar-refractivity contribution in [2.45, 2.75) is 37.8 Å². The van der Waals surface area contributed by atoms with Crippen LogP contribution in [0.2, 0.25) is 0 Å². The Morgan fingerprint density at radius 2 is 1.81 bits per heavy atom. The van der Waals surface area contributed by atoms with Gasteiger partial charge in [0.05, 0.1) is 32.9 Å². The summed E-state index contributed by atoms with van der Waals surface area (Å²) in [7, 11) is 6.04. The second-order valence-corrected chi connectivity index (χ2v) is 6.76. The molecule has 0 radical (unpaired) electrons. The van der Waals surface area contributed by atoms with Gasteiger partial charge in [-0.05, 0) is 31.7 Å². The van der Waals surface area contributed by atoms with Crippen LogP contribution in [0, 0.1) is 0 Å². The summed E-state index contributed by atoms with van der Waals surface area (Å²) in [5, 5.41) is 5.54. The Balaban J connectivity index is 1.78. The lowest BCUT2D eigenvalue weighted by atomic mass is 9.90. The number of amides is 1. The van der Waals surface area contributed by atoms with Gasteiger partial charge in [-0.25, -0.2) is 9.59 Å². The second-order valence-electron chi connectivity index (χ2n) is 6.76. The van der Waals surface area contributed by atoms with E-state index in [0.29, 0.717) is 11.3 Å². The Hall–Kier alpha value is -2.77. The molecule has 0 spiro atoms. The minimum atomic E-state index is -0.437. The van der Waals surface area contributed by atoms with Crippen LogP contribution < -0.4 is 4.74 Å². The monoisotopic (exact) mass is 375 g/mol. The lowest BCUT2D eigenvalue weighted by Crippen LogP contribution is -2.39. The molecule has 1 heterocycles. The number of fused-ring (bicyclic) bond motifs is 1. The van der Waals surface area contributed by atoms with Crippen molar-refractivity contribution in [3.8, 4) is 5.75 Å². The maximum absolute atomic E-state index is 12.0. The molecule has 1 aliphatic rings. The molecular weight excluding hydrogens is 350 g/mol. The van der Waals surface area contributed by atoms with Crippen LogP contribution in [0.15, 0.2) is 18.3 Å². The van der Waals surface area contributed by atoms with Gasteiger partial charge in [-0.2, -0.15) is 5.10 Å². The summed E-state index contributed by atoms with van der Waals surface area (Å²) in [6, 6.07) is 3.95. The minimum Gasteiger partial charge on any atom is -0.496 e. The fraction of sp³-hybridized carbons (Fsp3) is 0.526. The highest BCUT2D eigenvalue weighted by atomic mass is 16.5. The fourth-order valence-corrected chi connectivity index (χ4v) is 3.70. The second kappa shape index (κ2) is 7.85. The highest BCUT2D eigenvalue weighted by Crippen LogP contribution is 2.33. The van der Waals surface area contributed by atoms with E-state index in [1.54, 1.807) is 24.1 Å². The van der Waals surface area contributed by atoms with E-state index in [-0.39, 0.29) is 18.2 Å². The van der Waals surface area contributed by atoms with E-state index >= 15 is 0 Å². The van der Waals surface area contributed by atoms with E-state index in [1.807, 2.05) is 10.9 Å². The third kappa shape index (κ3) is 3.70. The average Bonchev–Trinajstić information content (AvgIpc) is 3.14. The Morgan fingerprint density at radius 3 is 2.41 bits per heavy atom. The summed E-state index contributed by atoms with van der Waals surface area (Å²) in [6.07, 6.45) is 5.27. The van der Waals surface area contributed by atoms with Crippen molar-refractivity contribution in [3.05, 3.63) is 23.9 Å². The fourth-order valence-electron chi connectivity index (χ4n) is 3.70. The number of ether oxygens (including phenoxy) is 3. The SMILES string of the molecule is COC(=O)c1cc2cn(C3CCC(N(C)C(=O)OC)CC3)nc2cc1OC. The molecule has 8 heteroatoms. The molecule has 146 valence electrons. The van der Waals surface area contributed by atoms with E-state index in [9.17, 15) is 9.59 Å². The number of carbonyl (C=O) groups excluding carboxylic acids is 2. The normalized spacial score (nSPS) is 19.6. The number of hydrogen-bond acceptors (Lipinski definition) is 6. The van der Waals surface area contributed by atoms with E-state index in [2.05, 4.69) is 5.10 Å². The predicted molar refractivity (Wildman–Crippen MR) is 99.1 cm³/mol. The van der Waals surface area contributed by atoms with Crippen LogP contribution in [-0.4, -0.2) is 61.2 Å². The minimum absolute atomic E-state index is 0.185. The van der Waals surface area contributed by atoms with Crippen LogP contribution in [0.25, 0.3) is 10.9 Å². The zero-order chi connectivity index (χ0) is 19.6. The van der Waals surface area contributed by atoms with Crippen molar-refractivity contribution in [2.75, 3.05) is 28.4 Å². The van der Waals surface area contributed by atoms with Crippen LogP contribution in [-0.2, 0) is 9.47 Å². The predicted octanol–water partition coefficient (Wildman–Crippen LogP) is 3.01. The molecule has 27 heavy (non-hydrogen) atoms. The smallest absolute Gasteiger partial charge is 0.409 e. The van der Waals surface area contributed by atoms with Crippen molar-refractivity contribution >= 4 is 23.0 Å². The quantitative estimate of drug-likeness (QED) is 0.764. The summed E-state index contributed by atoms with van der Waals surface area (Å²) >= 11 is 0. The van der Waals surface area contributed by atoms with E-state index in [1.165, 1.54) is 21.3 Å². The van der Waals surface area contributed by atoms with Crippen LogP contribution in [0.4, 0.5) is 4.79 Å². The highest BCUT2D eigenvalue weighted by molar-refractivity contribution is 5.97. The molecule has 0 aliphatic heterocycles. The van der Waals surface area contributed by atoms with E-state index < -0.39 is 5.97 Å². The topological polar surface area (TPSA) is 82.9 Å². The van der Waals surface area contributed by atoms with Crippen molar-refractivity contribution in [1.29, 1.82) is 0 Å². The Kier molecular flexibility index (Phi) is 5.53. The van der Waals surface area contributed by atoms with Gasteiger partial charge < -0.3 is 19.1 Å². The van der Waals surface area contributed by atoms with Gasteiger partial charge in [0.1, 0.15) is 11.3 Å². The number of nitrogens with zero attached hydrogens (tertiary/aromatic N) is 3. The number of rotatable bonds is 4. The Labute approximate surface area is 158 Å². The first-order chi connectivity index (χ1) is 13.0. The molecule has 3 rings (SSSR count). The Bertz CT molecular complexity index is 839. The maximum atomic E-state index is 12.0. The third-order valence-corrected chi connectivity index (χ3v) is 5.30. The largest absolute Gasteiger partial charge is 0.496 e. The first kappa shape index (κ1) is 19.0. The van der Waals surface area contributed by atoms with Gasteiger partial charge >= 0.3 is 12.1 Å². The molecule has 1 fully saturated rings. The highest BCUT2D eigenvalue weighted by Gasteiger charge is 2.28. The van der Waals surface area contributed by atoms with Gasteiger partial charge in [-0.1, -0.05) is 0 Å². The number of benzene rings is 1. The molecule has 1 amide bonds. The summed E-state index contributed by atoms with van der Waals surface area (Å²) in [5.41, 5.74) is 1.16. The van der Waals surface area contributed by atoms with Gasteiger partial charge in [-0.3, -0.25) is 4.68 Å². The van der Waals surface area contributed by atoms with Gasteiger partial charge in [0.15, 0.2) is 0 Å². The van der Waals surface area contributed by atoms with Crippen LogP contribution >= 0.6 is 0 Å². The lowest BCUT2D eigenvalue weighted by molar-refractivity contribution is 0.0597. The average molecular weight is 375 g/mol. The summed E-state index contributed by atoms with van der Waals surface area (Å²) in [5.74, 6) is 0.0101. The molecule has 1 saturated carbocycles. The summed E-state index contributed by atoms with van der Waals surface area (Å²) in [4.78, 5) is 25.3. The van der Waals surface area contributed by atoms with Crippen LogP contribution in [0.5, 0.6) is 5.75 Å². The van der Waals surface area contributed by atoms with Gasteiger partial charge in [-0.15, -0.1) is 0 Å². The lowest BCUT2D eigenvalue weighted by Gasteiger charge is -2.33. The molecule has 0 saturated heterocycles. The molecule has 1 aromatic heterocycles. The summed E-state index contributed by atoms with van der Waals surface area (Å²) in [6.45, 7) is 0. The molecule has 8 nitrogen and oxygen atoms in total. The van der Waals surface area contributed by atoms with Gasteiger partial charge in [0.2, 0.25) is 0 Å². The first-order valence-corrected chi connectivity index (χ1v) is 8.94. The first-order valence-electron chi connectivity index (χ1n) is 8.94. The molecule has 1 aromatic carbocycles. The van der Waals surface area contributed by atoms with Gasteiger partial charge in [0, 0.05) is 30.7 Å². The van der Waals surface area contributed by atoms with Crippen molar-refractivity contribution in [2.24, 2.45) is 0 Å². The standard InChI is InChI=1S/C19H25N3O5/c1-21(19(24)27-4)13-5-7-14(8-6-13)22-11-12-9-15(18(23)26-3)17(25-2)10-16(12)20-22/h9-11,13-14H,5-8H2,1-4H3. The molecule has 0 atom stereocenters. The molecule has 0 N–H and O–H groups in total. The number of carbonyl (C=O) groups is 2. The van der Waals surface area contributed by atoms with Crippen molar-refractivity contribution in [3.63, 3.8) is 0 Å². The van der Waals surface area contributed by atoms with Crippen LogP contribution in [0.1, 0.15) is 42.1 Å². The van der Waals surface area contributed by atoms with Crippen LogP contribution in [0.3, 0.4) is 0 Å².